The highest BCUT2D eigenvalue weighted by atomic mass is 19.1. The number of hydrogen-bond acceptors (Lipinski definition) is 3. The standard InChI is InChI=1S/C15H24FNO2/c1-11-4-5-13(10-14(11)16)15(19)7-9-17(3)8-6-12(2)18/h4-5,10,12,15,18-19H,6-9H2,1-3H3. The van der Waals surface area contributed by atoms with E-state index in [-0.39, 0.29) is 11.9 Å². The summed E-state index contributed by atoms with van der Waals surface area (Å²) in [5.41, 5.74) is 1.21. The van der Waals surface area contributed by atoms with Gasteiger partial charge in [-0.15, -0.1) is 0 Å². The van der Waals surface area contributed by atoms with Crippen LogP contribution in [-0.4, -0.2) is 41.4 Å². The van der Waals surface area contributed by atoms with Gasteiger partial charge in [-0.1, -0.05) is 12.1 Å². The van der Waals surface area contributed by atoms with E-state index >= 15 is 0 Å². The second-order valence-corrected chi connectivity index (χ2v) is 5.25. The van der Waals surface area contributed by atoms with Crippen LogP contribution in [0.3, 0.4) is 0 Å². The Labute approximate surface area is 114 Å². The lowest BCUT2D eigenvalue weighted by molar-refractivity contribution is 0.135. The van der Waals surface area contributed by atoms with E-state index in [0.717, 1.165) is 6.54 Å². The van der Waals surface area contributed by atoms with Crippen molar-refractivity contribution in [2.24, 2.45) is 0 Å². The Bertz CT molecular complexity index is 396. The van der Waals surface area contributed by atoms with Gasteiger partial charge in [0.25, 0.3) is 0 Å². The highest BCUT2D eigenvalue weighted by Gasteiger charge is 2.11. The zero-order valence-electron chi connectivity index (χ0n) is 11.9. The van der Waals surface area contributed by atoms with Gasteiger partial charge in [0.2, 0.25) is 0 Å². The summed E-state index contributed by atoms with van der Waals surface area (Å²) in [6.07, 6.45) is 0.313. The van der Waals surface area contributed by atoms with Gasteiger partial charge in [-0.3, -0.25) is 0 Å². The van der Waals surface area contributed by atoms with E-state index in [9.17, 15) is 14.6 Å². The van der Waals surface area contributed by atoms with Gasteiger partial charge < -0.3 is 15.1 Å². The van der Waals surface area contributed by atoms with Gasteiger partial charge in [-0.05, 0) is 50.9 Å². The zero-order chi connectivity index (χ0) is 14.4. The first-order valence-electron chi connectivity index (χ1n) is 6.71. The summed E-state index contributed by atoms with van der Waals surface area (Å²) in [7, 11) is 1.95. The quantitative estimate of drug-likeness (QED) is 0.798. The van der Waals surface area contributed by atoms with Crippen molar-refractivity contribution < 1.29 is 14.6 Å². The fourth-order valence-electron chi connectivity index (χ4n) is 1.84. The molecule has 0 radical (unpaired) electrons. The van der Waals surface area contributed by atoms with Crippen LogP contribution in [0.25, 0.3) is 0 Å². The van der Waals surface area contributed by atoms with Crippen LogP contribution < -0.4 is 0 Å². The molecule has 2 atom stereocenters. The zero-order valence-corrected chi connectivity index (χ0v) is 11.9. The molecule has 2 N–H and O–H groups in total. The highest BCUT2D eigenvalue weighted by molar-refractivity contribution is 5.24. The summed E-state index contributed by atoms with van der Waals surface area (Å²) < 4.78 is 13.4. The Morgan fingerprint density at radius 1 is 1.21 bits per heavy atom. The van der Waals surface area contributed by atoms with Crippen LogP contribution >= 0.6 is 0 Å². The molecule has 0 spiro atoms. The number of aryl methyl sites for hydroxylation is 1. The molecule has 1 aromatic rings. The van der Waals surface area contributed by atoms with E-state index < -0.39 is 6.10 Å². The molecule has 0 saturated carbocycles. The lowest BCUT2D eigenvalue weighted by Gasteiger charge is -2.19. The summed E-state index contributed by atoms with van der Waals surface area (Å²) in [6.45, 7) is 4.96. The molecule has 0 saturated heterocycles. The first-order chi connectivity index (χ1) is 8.90. The number of halogens is 1. The smallest absolute Gasteiger partial charge is 0.126 e. The van der Waals surface area contributed by atoms with Crippen molar-refractivity contribution in [3.8, 4) is 0 Å². The third-order valence-corrected chi connectivity index (χ3v) is 3.29. The van der Waals surface area contributed by atoms with E-state index in [1.807, 2.05) is 7.05 Å². The van der Waals surface area contributed by atoms with Crippen LogP contribution in [0.1, 0.15) is 37.0 Å². The normalized spacial score (nSPS) is 14.7. The second kappa shape index (κ2) is 7.58. The SMILES string of the molecule is Cc1ccc(C(O)CCN(C)CCC(C)O)cc1F. The molecule has 108 valence electrons. The first-order valence-corrected chi connectivity index (χ1v) is 6.71. The topological polar surface area (TPSA) is 43.7 Å². The fourth-order valence-corrected chi connectivity index (χ4v) is 1.84. The number of nitrogens with zero attached hydrogens (tertiary/aromatic N) is 1. The van der Waals surface area contributed by atoms with Crippen LogP contribution in [0.2, 0.25) is 0 Å². The molecule has 0 bridgehead atoms. The summed E-state index contributed by atoms with van der Waals surface area (Å²) >= 11 is 0. The molecule has 0 fully saturated rings. The van der Waals surface area contributed by atoms with E-state index in [1.54, 1.807) is 26.0 Å². The Morgan fingerprint density at radius 3 is 2.42 bits per heavy atom. The van der Waals surface area contributed by atoms with Crippen LogP contribution in [0.15, 0.2) is 18.2 Å². The van der Waals surface area contributed by atoms with Gasteiger partial charge in [0.05, 0.1) is 12.2 Å². The Balaban J connectivity index is 2.42. The molecule has 4 heteroatoms. The maximum absolute atomic E-state index is 13.4. The molecule has 2 unspecified atom stereocenters. The van der Waals surface area contributed by atoms with Crippen molar-refractivity contribution in [2.45, 2.75) is 38.9 Å². The maximum atomic E-state index is 13.4. The fraction of sp³-hybridized carbons (Fsp3) is 0.600. The van der Waals surface area contributed by atoms with Crippen LogP contribution in [-0.2, 0) is 0 Å². The van der Waals surface area contributed by atoms with E-state index in [1.165, 1.54) is 6.07 Å². The lowest BCUT2D eigenvalue weighted by Crippen LogP contribution is -2.24. The average Bonchev–Trinajstić information content (AvgIpc) is 2.36. The van der Waals surface area contributed by atoms with Gasteiger partial charge in [0, 0.05) is 13.1 Å². The van der Waals surface area contributed by atoms with Crippen LogP contribution in [0.5, 0.6) is 0 Å². The van der Waals surface area contributed by atoms with E-state index in [2.05, 4.69) is 4.90 Å². The van der Waals surface area contributed by atoms with Crippen molar-refractivity contribution in [3.63, 3.8) is 0 Å². The van der Waals surface area contributed by atoms with Crippen molar-refractivity contribution in [3.05, 3.63) is 35.1 Å². The molecule has 1 aromatic carbocycles. The molecule has 19 heavy (non-hydrogen) atoms. The maximum Gasteiger partial charge on any atom is 0.126 e. The Kier molecular flexibility index (Phi) is 6.42. The molecule has 0 aliphatic heterocycles. The van der Waals surface area contributed by atoms with Crippen molar-refractivity contribution in [1.82, 2.24) is 4.90 Å². The van der Waals surface area contributed by atoms with Gasteiger partial charge in [-0.25, -0.2) is 4.39 Å². The lowest BCUT2D eigenvalue weighted by atomic mass is 10.0. The summed E-state index contributed by atoms with van der Waals surface area (Å²) in [4.78, 5) is 2.06. The highest BCUT2D eigenvalue weighted by Crippen LogP contribution is 2.19. The monoisotopic (exact) mass is 269 g/mol. The molecule has 3 nitrogen and oxygen atoms in total. The average molecular weight is 269 g/mol. The van der Waals surface area contributed by atoms with Crippen LogP contribution in [0, 0.1) is 12.7 Å². The van der Waals surface area contributed by atoms with Crippen molar-refractivity contribution in [2.75, 3.05) is 20.1 Å². The largest absolute Gasteiger partial charge is 0.393 e. The van der Waals surface area contributed by atoms with Crippen molar-refractivity contribution in [1.29, 1.82) is 0 Å². The summed E-state index contributed by atoms with van der Waals surface area (Å²) in [5.74, 6) is -0.279. The first kappa shape index (κ1) is 16.1. The minimum Gasteiger partial charge on any atom is -0.393 e. The minimum atomic E-state index is -0.649. The summed E-state index contributed by atoms with van der Waals surface area (Å²) in [6, 6.07) is 4.85. The molecule has 0 amide bonds. The molecule has 0 aliphatic carbocycles. The number of rotatable bonds is 7. The Hall–Kier alpha value is -0.970. The second-order valence-electron chi connectivity index (χ2n) is 5.25. The molecule has 1 rings (SSSR count). The predicted octanol–water partition coefficient (Wildman–Crippen LogP) is 2.26. The number of benzene rings is 1. The number of aliphatic hydroxyl groups excluding tert-OH is 2. The molecule has 0 heterocycles. The number of aliphatic hydroxyl groups is 2. The predicted molar refractivity (Wildman–Crippen MR) is 74.5 cm³/mol. The Morgan fingerprint density at radius 2 is 1.84 bits per heavy atom. The van der Waals surface area contributed by atoms with Gasteiger partial charge in [0.15, 0.2) is 0 Å². The minimum absolute atomic E-state index is 0.279. The van der Waals surface area contributed by atoms with Crippen molar-refractivity contribution >= 4 is 0 Å². The molecule has 0 aromatic heterocycles. The van der Waals surface area contributed by atoms with Crippen LogP contribution in [0.4, 0.5) is 4.39 Å². The van der Waals surface area contributed by atoms with E-state index in [4.69, 9.17) is 0 Å². The number of hydrogen-bond donors (Lipinski definition) is 2. The molecular weight excluding hydrogens is 245 g/mol. The van der Waals surface area contributed by atoms with Gasteiger partial charge in [-0.2, -0.15) is 0 Å². The molecular formula is C15H24FNO2. The third-order valence-electron chi connectivity index (χ3n) is 3.29. The third kappa shape index (κ3) is 5.68. The summed E-state index contributed by atoms with van der Waals surface area (Å²) in [5, 5.41) is 19.2. The van der Waals surface area contributed by atoms with E-state index in [0.29, 0.717) is 30.5 Å². The van der Waals surface area contributed by atoms with Gasteiger partial charge >= 0.3 is 0 Å². The molecule has 0 aliphatic rings. The van der Waals surface area contributed by atoms with Gasteiger partial charge in [0.1, 0.15) is 5.82 Å².